The minimum absolute atomic E-state index is 0.570. The quantitative estimate of drug-likeness (QED) is 0.153. The van der Waals surface area contributed by atoms with Crippen LogP contribution in [0, 0.1) is 0 Å². The lowest BCUT2D eigenvalue weighted by Crippen LogP contribution is -2.00. The van der Waals surface area contributed by atoms with Crippen LogP contribution in [-0.4, -0.2) is 19.5 Å². The van der Waals surface area contributed by atoms with Gasteiger partial charge < -0.3 is 8.98 Å². The summed E-state index contributed by atoms with van der Waals surface area (Å²) in [4.78, 5) is 15.8. The number of aromatic nitrogens is 4. The lowest BCUT2D eigenvalue weighted by molar-refractivity contribution is 0.669. The van der Waals surface area contributed by atoms with E-state index in [0.29, 0.717) is 17.5 Å². The molecule has 0 aliphatic heterocycles. The summed E-state index contributed by atoms with van der Waals surface area (Å²) in [6, 6.07) is 85.2. The largest absolute Gasteiger partial charge is 0.456 e. The molecule has 0 atom stereocenters. The average Bonchev–Trinajstić information content (AvgIpc) is 3.95. The molecule has 0 radical (unpaired) electrons. The van der Waals surface area contributed by atoms with Crippen LogP contribution in [0.1, 0.15) is 0 Å². The number of para-hydroxylation sites is 1. The first kappa shape index (κ1) is 39.2. The van der Waals surface area contributed by atoms with Crippen LogP contribution >= 0.6 is 0 Å². The van der Waals surface area contributed by atoms with Gasteiger partial charge in [-0.3, -0.25) is 0 Å². The summed E-state index contributed by atoms with van der Waals surface area (Å²) in [6.45, 7) is 0. The smallest absolute Gasteiger partial charge is 0.164 e. The van der Waals surface area contributed by atoms with Gasteiger partial charge in [-0.05, 0) is 99.1 Å². The zero-order valence-corrected chi connectivity index (χ0v) is 36.8. The number of nitrogens with zero attached hydrogens (tertiary/aromatic N) is 4. The zero-order valence-electron chi connectivity index (χ0n) is 36.8. The molecule has 0 saturated carbocycles. The number of hydrogen-bond acceptors (Lipinski definition) is 4. The molecule has 0 saturated heterocycles. The molecule has 0 bridgehead atoms. The van der Waals surface area contributed by atoms with Crippen LogP contribution in [-0.2, 0) is 0 Å². The van der Waals surface area contributed by atoms with Crippen molar-refractivity contribution in [3.8, 4) is 84.4 Å². The molecule has 13 aromatic rings. The molecule has 5 nitrogen and oxygen atoms in total. The van der Waals surface area contributed by atoms with Crippen molar-refractivity contribution in [1.82, 2.24) is 19.5 Å². The van der Waals surface area contributed by atoms with Crippen molar-refractivity contribution in [2.24, 2.45) is 0 Å². The Balaban J connectivity index is 0.980. The highest BCUT2D eigenvalue weighted by Gasteiger charge is 2.21. The van der Waals surface area contributed by atoms with E-state index in [1.54, 1.807) is 0 Å². The van der Waals surface area contributed by atoms with E-state index in [1.807, 2.05) is 24.3 Å². The minimum atomic E-state index is 0.570. The third kappa shape index (κ3) is 6.93. The van der Waals surface area contributed by atoms with Crippen molar-refractivity contribution < 1.29 is 4.42 Å². The molecule has 0 unspecified atom stereocenters. The fourth-order valence-electron chi connectivity index (χ4n) is 9.76. The van der Waals surface area contributed by atoms with Gasteiger partial charge in [0.2, 0.25) is 0 Å². The van der Waals surface area contributed by atoms with Crippen molar-refractivity contribution in [3.05, 3.63) is 243 Å². The van der Waals surface area contributed by atoms with Crippen LogP contribution in [0.4, 0.5) is 0 Å². The van der Waals surface area contributed by atoms with Gasteiger partial charge in [-0.25, -0.2) is 15.0 Å². The average molecular weight is 869 g/mol. The normalized spacial score (nSPS) is 11.5. The van der Waals surface area contributed by atoms with E-state index in [2.05, 4.69) is 223 Å². The molecule has 3 heterocycles. The second kappa shape index (κ2) is 16.4. The molecule has 10 aromatic carbocycles. The first-order chi connectivity index (χ1) is 33.7. The molecule has 3 aromatic heterocycles. The molecule has 68 heavy (non-hydrogen) atoms. The number of hydrogen-bond donors (Lipinski definition) is 0. The molecule has 5 heteroatoms. The van der Waals surface area contributed by atoms with Gasteiger partial charge in [0.05, 0.1) is 11.0 Å². The van der Waals surface area contributed by atoms with Crippen molar-refractivity contribution in [3.63, 3.8) is 0 Å². The number of fused-ring (bicyclic) bond motifs is 6. The molecule has 318 valence electrons. The van der Waals surface area contributed by atoms with Gasteiger partial charge in [-0.15, -0.1) is 0 Å². The minimum Gasteiger partial charge on any atom is -0.456 e. The molecule has 0 amide bonds. The van der Waals surface area contributed by atoms with Gasteiger partial charge in [-0.2, -0.15) is 0 Å². The van der Waals surface area contributed by atoms with E-state index >= 15 is 0 Å². The number of rotatable bonds is 8. The summed E-state index contributed by atoms with van der Waals surface area (Å²) < 4.78 is 9.14. The topological polar surface area (TPSA) is 56.7 Å². The summed E-state index contributed by atoms with van der Waals surface area (Å²) in [5.41, 5.74) is 16.7. The van der Waals surface area contributed by atoms with Gasteiger partial charge in [0.1, 0.15) is 11.2 Å². The van der Waals surface area contributed by atoms with Gasteiger partial charge in [0, 0.05) is 43.9 Å². The van der Waals surface area contributed by atoms with E-state index in [1.165, 1.54) is 16.7 Å². The Morgan fingerprint density at radius 3 is 1.31 bits per heavy atom. The molecule has 0 fully saturated rings. The maximum Gasteiger partial charge on any atom is 0.164 e. The summed E-state index contributed by atoms with van der Waals surface area (Å²) in [5, 5.41) is 4.22. The maximum atomic E-state index is 6.77. The first-order valence-corrected chi connectivity index (χ1v) is 22.9. The van der Waals surface area contributed by atoms with Crippen molar-refractivity contribution in [1.29, 1.82) is 0 Å². The number of furan rings is 1. The van der Waals surface area contributed by atoms with Crippen LogP contribution in [0.15, 0.2) is 247 Å². The van der Waals surface area contributed by atoms with E-state index in [4.69, 9.17) is 19.4 Å². The highest BCUT2D eigenvalue weighted by Crippen LogP contribution is 2.42. The highest BCUT2D eigenvalue weighted by atomic mass is 16.3. The lowest BCUT2D eigenvalue weighted by Gasteiger charge is -2.11. The third-order valence-electron chi connectivity index (χ3n) is 13.1. The van der Waals surface area contributed by atoms with Crippen molar-refractivity contribution >= 4 is 43.7 Å². The van der Waals surface area contributed by atoms with E-state index in [0.717, 1.165) is 93.9 Å². The predicted octanol–water partition coefficient (Wildman–Crippen LogP) is 16.5. The second-order valence-corrected chi connectivity index (χ2v) is 17.2. The van der Waals surface area contributed by atoms with Crippen LogP contribution in [0.5, 0.6) is 0 Å². The highest BCUT2D eigenvalue weighted by molar-refractivity contribution is 6.19. The monoisotopic (exact) mass is 868 g/mol. The molecule has 13 rings (SSSR count). The fourth-order valence-corrected chi connectivity index (χ4v) is 9.76. The number of benzene rings is 10. The Labute approximate surface area is 392 Å². The Bertz CT molecular complexity index is 3900. The first-order valence-electron chi connectivity index (χ1n) is 22.9. The van der Waals surface area contributed by atoms with Gasteiger partial charge in [0.25, 0.3) is 0 Å². The second-order valence-electron chi connectivity index (χ2n) is 17.2. The zero-order chi connectivity index (χ0) is 45.0. The third-order valence-corrected chi connectivity index (χ3v) is 13.1. The molecule has 0 aliphatic rings. The van der Waals surface area contributed by atoms with E-state index in [9.17, 15) is 0 Å². The summed E-state index contributed by atoms with van der Waals surface area (Å²) in [5.74, 6) is 1.76. The molecule has 0 N–H and O–H groups in total. The van der Waals surface area contributed by atoms with E-state index in [-0.39, 0.29) is 0 Å². The maximum absolute atomic E-state index is 6.77. The fraction of sp³-hybridized carbons (Fsp3) is 0. The summed E-state index contributed by atoms with van der Waals surface area (Å²) in [7, 11) is 0. The predicted molar refractivity (Wildman–Crippen MR) is 279 cm³/mol. The van der Waals surface area contributed by atoms with Crippen molar-refractivity contribution in [2.75, 3.05) is 0 Å². The summed E-state index contributed by atoms with van der Waals surface area (Å²) >= 11 is 0. The van der Waals surface area contributed by atoms with Crippen molar-refractivity contribution in [2.45, 2.75) is 0 Å². The van der Waals surface area contributed by atoms with Gasteiger partial charge in [0.15, 0.2) is 17.5 Å². The molecular weight excluding hydrogens is 829 g/mol. The van der Waals surface area contributed by atoms with E-state index < -0.39 is 0 Å². The van der Waals surface area contributed by atoms with Gasteiger partial charge >= 0.3 is 0 Å². The Morgan fingerprint density at radius 1 is 0.279 bits per heavy atom. The Kier molecular flexibility index (Phi) is 9.43. The van der Waals surface area contributed by atoms with Gasteiger partial charge in [-0.1, -0.05) is 188 Å². The van der Waals surface area contributed by atoms with Crippen LogP contribution < -0.4 is 0 Å². The summed E-state index contributed by atoms with van der Waals surface area (Å²) in [6.07, 6.45) is 0. The Hall–Kier alpha value is -9.19. The SMILES string of the molecule is c1ccc(-c2cccc(-c3ccc(-n4c5ccccc5c5cc6oc7cccc(-c8nc(-c9cccc(-c%10ccccc%10)c9)nc(-c9cccc(-c%10ccccc%10)c9)n8)c7c6cc54)cc3)c2)cc1. The molecular formula is C63H40N4O. The van der Waals surface area contributed by atoms with Crippen LogP contribution in [0.3, 0.4) is 0 Å². The van der Waals surface area contributed by atoms with Crippen LogP contribution in [0.25, 0.3) is 128 Å². The van der Waals surface area contributed by atoms with Crippen LogP contribution in [0.2, 0.25) is 0 Å². The molecule has 0 aliphatic carbocycles. The standard InChI is InChI=1S/C63H40N4O/c1-4-16-41(17-5-1)45-22-12-23-46(36-45)44-32-34-51(35-33-44)67-56-30-11-10-28-52(56)54-40-59-55(39-57(54)67)60-53(29-15-31-58(60)68-59)63-65-61(49-26-13-24-47(37-49)42-18-6-2-7-19-42)64-62(66-63)50-27-14-25-48(38-50)43-20-8-3-9-21-43/h1-40H. The Morgan fingerprint density at radius 2 is 0.735 bits per heavy atom. The lowest BCUT2D eigenvalue weighted by atomic mass is 9.99. The molecule has 0 spiro atoms.